The van der Waals surface area contributed by atoms with Crippen molar-refractivity contribution in [3.8, 4) is 0 Å². The molecule has 2 aromatic heterocycles. The fourth-order valence-electron chi connectivity index (χ4n) is 3.08. The molecule has 0 aliphatic heterocycles. The van der Waals surface area contributed by atoms with Crippen molar-refractivity contribution in [2.24, 2.45) is 0 Å². The summed E-state index contributed by atoms with van der Waals surface area (Å²) in [5.41, 5.74) is 0.590. The van der Waals surface area contributed by atoms with Gasteiger partial charge in [-0.15, -0.1) is 11.8 Å². The molecule has 0 radical (unpaired) electrons. The van der Waals surface area contributed by atoms with E-state index in [0.717, 1.165) is 32.8 Å². The Bertz CT molecular complexity index is 1230. The molecule has 0 aliphatic carbocycles. The van der Waals surface area contributed by atoms with Crippen LogP contribution in [0.3, 0.4) is 0 Å². The van der Waals surface area contributed by atoms with Crippen LogP contribution in [0.15, 0.2) is 71.9 Å². The lowest BCUT2D eigenvalue weighted by molar-refractivity contribution is -0.137. The smallest absolute Gasteiger partial charge is 0.279 e. The SMILES string of the molecule is CSc1cccc2sc(N(Cc3cccnc3)C(=O)c3cccc(C(F)(F)F)c3)nc12. The molecule has 0 spiro atoms. The number of benzene rings is 2. The average molecular weight is 460 g/mol. The number of fused-ring (bicyclic) bond motifs is 1. The van der Waals surface area contributed by atoms with Crippen molar-refractivity contribution in [2.75, 3.05) is 11.2 Å². The first-order chi connectivity index (χ1) is 14.9. The molecular weight excluding hydrogens is 443 g/mol. The molecule has 9 heteroatoms. The van der Waals surface area contributed by atoms with Gasteiger partial charge in [0.05, 0.1) is 22.3 Å². The minimum Gasteiger partial charge on any atom is -0.279 e. The number of amides is 1. The molecule has 0 unspecified atom stereocenters. The number of thioether (sulfide) groups is 1. The Morgan fingerprint density at radius 3 is 2.65 bits per heavy atom. The number of rotatable bonds is 5. The first-order valence-corrected chi connectivity index (χ1v) is 11.2. The lowest BCUT2D eigenvalue weighted by Gasteiger charge is -2.20. The number of thiazole rings is 1. The van der Waals surface area contributed by atoms with Crippen molar-refractivity contribution in [1.82, 2.24) is 9.97 Å². The van der Waals surface area contributed by atoms with E-state index in [0.29, 0.717) is 5.13 Å². The third-order valence-electron chi connectivity index (χ3n) is 4.57. The maximum Gasteiger partial charge on any atom is 0.416 e. The molecule has 0 atom stereocenters. The van der Waals surface area contributed by atoms with E-state index < -0.39 is 17.6 Å². The van der Waals surface area contributed by atoms with Gasteiger partial charge in [-0.25, -0.2) is 4.98 Å². The third-order valence-corrected chi connectivity index (χ3v) is 6.38. The number of alkyl halides is 3. The lowest BCUT2D eigenvalue weighted by atomic mass is 10.1. The molecule has 0 saturated heterocycles. The lowest BCUT2D eigenvalue weighted by Crippen LogP contribution is -2.30. The first-order valence-electron chi connectivity index (χ1n) is 9.18. The zero-order chi connectivity index (χ0) is 22.0. The topological polar surface area (TPSA) is 46.1 Å². The largest absolute Gasteiger partial charge is 0.416 e. The van der Waals surface area contributed by atoms with Gasteiger partial charge in [-0.05, 0) is 48.2 Å². The second-order valence-corrected chi connectivity index (χ2v) is 8.49. The number of anilines is 1. The number of aromatic nitrogens is 2. The molecule has 2 aromatic carbocycles. The zero-order valence-corrected chi connectivity index (χ0v) is 17.9. The number of hydrogen-bond acceptors (Lipinski definition) is 5. The second kappa shape index (κ2) is 8.68. The Hall–Kier alpha value is -2.91. The van der Waals surface area contributed by atoms with E-state index in [-0.39, 0.29) is 12.1 Å². The van der Waals surface area contributed by atoms with Gasteiger partial charge in [-0.1, -0.05) is 29.5 Å². The highest BCUT2D eigenvalue weighted by Gasteiger charge is 2.32. The highest BCUT2D eigenvalue weighted by molar-refractivity contribution is 7.98. The molecule has 4 rings (SSSR count). The van der Waals surface area contributed by atoms with Gasteiger partial charge >= 0.3 is 6.18 Å². The molecule has 2 heterocycles. The summed E-state index contributed by atoms with van der Waals surface area (Å²) in [7, 11) is 0. The van der Waals surface area contributed by atoms with Gasteiger partial charge < -0.3 is 0 Å². The predicted octanol–water partition coefficient (Wildman–Crippen LogP) is 6.28. The molecule has 4 aromatic rings. The van der Waals surface area contributed by atoms with Crippen LogP contribution >= 0.6 is 23.1 Å². The van der Waals surface area contributed by atoms with Crippen LogP contribution in [0.1, 0.15) is 21.5 Å². The molecule has 0 fully saturated rings. The number of nitrogens with zero attached hydrogens (tertiary/aromatic N) is 3. The van der Waals surface area contributed by atoms with Crippen molar-refractivity contribution in [1.29, 1.82) is 0 Å². The van der Waals surface area contributed by atoms with Crippen molar-refractivity contribution in [3.63, 3.8) is 0 Å². The van der Waals surface area contributed by atoms with Crippen LogP contribution in [0.5, 0.6) is 0 Å². The van der Waals surface area contributed by atoms with Crippen LogP contribution in [0.2, 0.25) is 0 Å². The molecule has 0 N–H and O–H groups in total. The van der Waals surface area contributed by atoms with Gasteiger partial charge in [-0.3, -0.25) is 14.7 Å². The van der Waals surface area contributed by atoms with Crippen LogP contribution in [-0.2, 0) is 12.7 Å². The van der Waals surface area contributed by atoms with Crippen LogP contribution in [0.25, 0.3) is 10.2 Å². The van der Waals surface area contributed by atoms with Gasteiger partial charge in [0.2, 0.25) is 0 Å². The van der Waals surface area contributed by atoms with E-state index in [4.69, 9.17) is 0 Å². The van der Waals surface area contributed by atoms with Crippen molar-refractivity contribution in [3.05, 3.63) is 83.7 Å². The Labute approximate surface area is 184 Å². The highest BCUT2D eigenvalue weighted by atomic mass is 32.2. The summed E-state index contributed by atoms with van der Waals surface area (Å²) in [6.45, 7) is 0.136. The van der Waals surface area contributed by atoms with E-state index in [1.807, 2.05) is 24.5 Å². The summed E-state index contributed by atoms with van der Waals surface area (Å²) >= 11 is 2.87. The highest BCUT2D eigenvalue weighted by Crippen LogP contribution is 2.36. The molecule has 31 heavy (non-hydrogen) atoms. The van der Waals surface area contributed by atoms with Gasteiger partial charge in [0.1, 0.15) is 0 Å². The molecule has 4 nitrogen and oxygen atoms in total. The third kappa shape index (κ3) is 4.57. The number of carbonyl (C=O) groups is 1. The Kier molecular flexibility index (Phi) is 5.97. The van der Waals surface area contributed by atoms with E-state index >= 15 is 0 Å². The van der Waals surface area contributed by atoms with Crippen molar-refractivity contribution < 1.29 is 18.0 Å². The fourth-order valence-corrected chi connectivity index (χ4v) is 4.70. The molecule has 158 valence electrons. The van der Waals surface area contributed by atoms with Crippen molar-refractivity contribution in [2.45, 2.75) is 17.6 Å². The standard InChI is InChI=1S/C22H16F3N3OS2/c1-30-17-8-3-9-18-19(17)27-21(31-18)28(13-14-5-4-10-26-12-14)20(29)15-6-2-7-16(11-15)22(23,24)25/h2-12H,13H2,1H3. The van der Waals surface area contributed by atoms with E-state index in [1.54, 1.807) is 36.3 Å². The summed E-state index contributed by atoms with van der Waals surface area (Å²) in [4.78, 5) is 24.5. The summed E-state index contributed by atoms with van der Waals surface area (Å²) in [6.07, 6.45) is 0.639. The number of pyridine rings is 1. The maximum atomic E-state index is 13.4. The number of hydrogen-bond donors (Lipinski definition) is 0. The quantitative estimate of drug-likeness (QED) is 0.330. The number of para-hydroxylation sites is 1. The summed E-state index contributed by atoms with van der Waals surface area (Å²) in [5, 5.41) is 0.419. The second-order valence-electron chi connectivity index (χ2n) is 6.63. The summed E-state index contributed by atoms with van der Waals surface area (Å²) in [6, 6.07) is 13.8. The molecule has 0 aliphatic rings. The molecule has 0 saturated carbocycles. The number of carbonyl (C=O) groups excluding carboxylic acids is 1. The van der Waals surface area contributed by atoms with Crippen molar-refractivity contribution >= 4 is 44.4 Å². The maximum absolute atomic E-state index is 13.4. The Morgan fingerprint density at radius 1 is 1.13 bits per heavy atom. The van der Waals surface area contributed by atoms with E-state index in [9.17, 15) is 18.0 Å². The van der Waals surface area contributed by atoms with Crippen LogP contribution in [-0.4, -0.2) is 22.1 Å². The molecule has 0 bridgehead atoms. The molecule has 1 amide bonds. The normalized spacial score (nSPS) is 11.6. The average Bonchev–Trinajstić information content (AvgIpc) is 3.21. The monoisotopic (exact) mass is 459 g/mol. The van der Waals surface area contributed by atoms with Gasteiger partial charge in [0.25, 0.3) is 5.91 Å². The van der Waals surface area contributed by atoms with E-state index in [2.05, 4.69) is 9.97 Å². The van der Waals surface area contributed by atoms with Crippen LogP contribution in [0.4, 0.5) is 18.3 Å². The van der Waals surface area contributed by atoms with E-state index in [1.165, 1.54) is 28.4 Å². The zero-order valence-electron chi connectivity index (χ0n) is 16.3. The molecular formula is C22H16F3N3OS2. The Balaban J connectivity index is 1.79. The van der Waals surface area contributed by atoms with Gasteiger partial charge in [-0.2, -0.15) is 13.2 Å². The van der Waals surface area contributed by atoms with Gasteiger partial charge in [0.15, 0.2) is 5.13 Å². The fraction of sp³-hybridized carbons (Fsp3) is 0.136. The minimum atomic E-state index is -4.53. The Morgan fingerprint density at radius 2 is 1.94 bits per heavy atom. The first kappa shape index (κ1) is 21.3. The summed E-state index contributed by atoms with van der Waals surface area (Å²) < 4.78 is 40.4. The minimum absolute atomic E-state index is 0.0527. The van der Waals surface area contributed by atoms with Gasteiger partial charge in [0, 0.05) is 22.9 Å². The predicted molar refractivity (Wildman–Crippen MR) is 118 cm³/mol. The van der Waals surface area contributed by atoms with Crippen LogP contribution in [0, 0.1) is 0 Å². The van der Waals surface area contributed by atoms with Crippen LogP contribution < -0.4 is 4.90 Å². The summed E-state index contributed by atoms with van der Waals surface area (Å²) in [5.74, 6) is -0.556. The number of halogens is 3.